The van der Waals surface area contributed by atoms with Crippen molar-refractivity contribution in [2.75, 3.05) is 24.3 Å². The fourth-order valence-electron chi connectivity index (χ4n) is 3.32. The second kappa shape index (κ2) is 8.88. The van der Waals surface area contributed by atoms with Crippen molar-refractivity contribution >= 4 is 34.8 Å². The van der Waals surface area contributed by atoms with Crippen LogP contribution in [0.15, 0.2) is 30.6 Å². The molecule has 0 unspecified atom stereocenters. The zero-order valence-corrected chi connectivity index (χ0v) is 19.2. The van der Waals surface area contributed by atoms with Crippen LogP contribution in [-0.2, 0) is 4.74 Å². The van der Waals surface area contributed by atoms with Gasteiger partial charge in [-0.05, 0) is 39.3 Å². The highest BCUT2D eigenvalue weighted by Gasteiger charge is 2.39. The summed E-state index contributed by atoms with van der Waals surface area (Å²) in [6, 6.07) is 4.59. The van der Waals surface area contributed by atoms with Crippen LogP contribution in [0, 0.1) is 5.92 Å². The van der Waals surface area contributed by atoms with E-state index in [-0.39, 0.29) is 41.1 Å². The zero-order valence-electron chi connectivity index (χ0n) is 22.2. The third-order valence-corrected chi connectivity index (χ3v) is 5.07. The van der Waals surface area contributed by atoms with Gasteiger partial charge < -0.3 is 14.8 Å². The fraction of sp³-hybridized carbons (Fsp3) is 0.435. The number of methoxy groups -OCH3 is 1. The smallest absolute Gasteiger partial charge is 0.415 e. The van der Waals surface area contributed by atoms with E-state index in [2.05, 4.69) is 20.4 Å². The highest BCUT2D eigenvalue weighted by molar-refractivity contribution is 6.02. The van der Waals surface area contributed by atoms with Gasteiger partial charge in [-0.15, -0.1) is 0 Å². The number of ether oxygens (including phenoxy) is 2. The quantitative estimate of drug-likeness (QED) is 0.509. The van der Waals surface area contributed by atoms with Gasteiger partial charge in [-0.25, -0.2) is 19.2 Å². The Kier molecular flexibility index (Phi) is 5.14. The number of amides is 1. The first-order chi connectivity index (χ1) is 17.3. The van der Waals surface area contributed by atoms with Crippen molar-refractivity contribution in [2.45, 2.75) is 45.4 Å². The lowest BCUT2D eigenvalue weighted by Crippen LogP contribution is -2.35. The van der Waals surface area contributed by atoms with Crippen molar-refractivity contribution in [1.82, 2.24) is 19.6 Å². The lowest BCUT2D eigenvalue weighted by Gasteiger charge is -2.25. The number of Topliss-reactive ketones (excluding diaryl/α,β-unsaturated/α-hetero) is 1. The molecule has 11 heteroatoms. The summed E-state index contributed by atoms with van der Waals surface area (Å²) in [5, 5.41) is 7.15. The van der Waals surface area contributed by atoms with Crippen LogP contribution in [0.2, 0.25) is 0 Å². The van der Waals surface area contributed by atoms with Gasteiger partial charge in [0.2, 0.25) is 5.88 Å². The minimum atomic E-state index is -2.98. The maximum Gasteiger partial charge on any atom is 0.415 e. The number of ketones is 1. The Labute approximate surface area is 200 Å². The predicted molar refractivity (Wildman–Crippen MR) is 124 cm³/mol. The summed E-state index contributed by atoms with van der Waals surface area (Å²) in [4.78, 5) is 35.1. The number of carbonyl (C=O) groups excluding carboxylic acids is 2. The molecule has 0 bridgehead atoms. The number of halogens is 1. The molecule has 2 atom stereocenters. The molecule has 34 heavy (non-hydrogen) atoms. The number of fused-ring (bicyclic) bond motifs is 1. The van der Waals surface area contributed by atoms with Crippen LogP contribution in [0.5, 0.6) is 5.88 Å². The number of aromatic nitrogens is 4. The molecule has 0 saturated heterocycles. The molecule has 1 fully saturated rings. The molecular weight excluding hydrogens is 443 g/mol. The SMILES string of the molecule is [2H]C([2H])([2H])N(C(=O)OC(C)(C)C)c1cc(Nc2cccnc2OC)nc2c(C(=O)C[C@@H]3C[C@@H]3F)cnn12. The van der Waals surface area contributed by atoms with Crippen molar-refractivity contribution in [1.29, 1.82) is 0 Å². The van der Waals surface area contributed by atoms with Crippen LogP contribution >= 0.6 is 0 Å². The van der Waals surface area contributed by atoms with Gasteiger partial charge in [0.05, 0.1) is 18.9 Å². The molecule has 1 aliphatic rings. The summed E-state index contributed by atoms with van der Waals surface area (Å²) >= 11 is 0. The minimum Gasteiger partial charge on any atom is -0.480 e. The standard InChI is InChI=1S/C23H27FN6O4/c1-23(2,3)34-22(32)29(4)19-11-18(27-16-7-6-8-25-21(16)33-5)28-20-14(12-26-30(19)20)17(31)10-13-9-15(13)24/h6-8,11-13,15H,9-10H2,1-5H3,(H,27,28)/t13-,15-/m0/s1/i4D3. The van der Waals surface area contributed by atoms with Crippen LogP contribution < -0.4 is 15.0 Å². The second-order valence-corrected chi connectivity index (χ2v) is 8.93. The van der Waals surface area contributed by atoms with E-state index < -0.39 is 30.6 Å². The Bertz CT molecular complexity index is 1340. The molecular formula is C23H27FN6O4. The first kappa shape index (κ1) is 19.7. The highest BCUT2D eigenvalue weighted by atomic mass is 19.1. The molecule has 3 aromatic rings. The number of carbonyl (C=O) groups is 2. The monoisotopic (exact) mass is 473 g/mol. The molecule has 1 saturated carbocycles. The number of anilines is 3. The van der Waals surface area contributed by atoms with E-state index in [1.54, 1.807) is 32.9 Å². The lowest BCUT2D eigenvalue weighted by atomic mass is 10.1. The number of nitrogens with zero attached hydrogens (tertiary/aromatic N) is 5. The maximum absolute atomic E-state index is 13.5. The van der Waals surface area contributed by atoms with E-state index in [1.807, 2.05) is 0 Å². The maximum atomic E-state index is 13.5. The molecule has 1 aliphatic carbocycles. The number of pyridine rings is 1. The molecule has 180 valence electrons. The van der Waals surface area contributed by atoms with Gasteiger partial charge in [0, 0.05) is 35.7 Å². The van der Waals surface area contributed by atoms with Gasteiger partial charge in [0.15, 0.2) is 11.4 Å². The van der Waals surface area contributed by atoms with Crippen LogP contribution in [0.4, 0.5) is 26.5 Å². The Morgan fingerprint density at radius 3 is 2.82 bits per heavy atom. The van der Waals surface area contributed by atoms with E-state index >= 15 is 0 Å². The molecule has 0 aliphatic heterocycles. The van der Waals surface area contributed by atoms with Crippen LogP contribution in [0.1, 0.15) is 48.1 Å². The van der Waals surface area contributed by atoms with E-state index in [0.29, 0.717) is 17.0 Å². The normalized spacial score (nSPS) is 19.0. The predicted octanol–water partition coefficient (Wildman–Crippen LogP) is 4.18. The van der Waals surface area contributed by atoms with Gasteiger partial charge in [-0.3, -0.25) is 9.69 Å². The topological polar surface area (TPSA) is 111 Å². The minimum absolute atomic E-state index is 0.0123. The second-order valence-electron chi connectivity index (χ2n) is 8.93. The first-order valence-electron chi connectivity index (χ1n) is 12.1. The van der Waals surface area contributed by atoms with E-state index in [9.17, 15) is 14.0 Å². The van der Waals surface area contributed by atoms with Gasteiger partial charge in [-0.2, -0.15) is 9.61 Å². The summed E-state index contributed by atoms with van der Waals surface area (Å²) in [7, 11) is 1.43. The molecule has 10 nitrogen and oxygen atoms in total. The average Bonchev–Trinajstić information content (AvgIpc) is 3.29. The van der Waals surface area contributed by atoms with E-state index in [0.717, 1.165) is 4.52 Å². The first-order valence-corrected chi connectivity index (χ1v) is 10.6. The molecule has 1 N–H and O–H groups in total. The summed E-state index contributed by atoms with van der Waals surface area (Å²) in [5.41, 5.74) is -0.537. The van der Waals surface area contributed by atoms with Crippen molar-refractivity contribution in [3.05, 3.63) is 36.2 Å². The molecule has 4 rings (SSSR count). The third-order valence-electron chi connectivity index (χ3n) is 5.07. The van der Waals surface area contributed by atoms with E-state index in [1.165, 1.54) is 25.6 Å². The summed E-state index contributed by atoms with van der Waals surface area (Å²) in [6.07, 6.45) is 0.847. The fourth-order valence-corrected chi connectivity index (χ4v) is 3.32. The van der Waals surface area contributed by atoms with Crippen molar-refractivity contribution < 1.29 is 27.6 Å². The van der Waals surface area contributed by atoms with Gasteiger partial charge in [-0.1, -0.05) is 0 Å². The molecule has 3 heterocycles. The highest BCUT2D eigenvalue weighted by Crippen LogP contribution is 2.38. The Morgan fingerprint density at radius 1 is 1.41 bits per heavy atom. The number of alkyl halides is 1. The van der Waals surface area contributed by atoms with Crippen molar-refractivity contribution in [2.24, 2.45) is 5.92 Å². The molecule has 0 spiro atoms. The van der Waals surface area contributed by atoms with Crippen LogP contribution in [0.3, 0.4) is 0 Å². The van der Waals surface area contributed by atoms with Crippen molar-refractivity contribution in [3.63, 3.8) is 0 Å². The molecule has 1 amide bonds. The van der Waals surface area contributed by atoms with Crippen LogP contribution in [0.25, 0.3) is 5.65 Å². The molecule has 0 aromatic carbocycles. The Morgan fingerprint density at radius 2 is 2.18 bits per heavy atom. The Balaban J connectivity index is 1.87. The summed E-state index contributed by atoms with van der Waals surface area (Å²) < 4.78 is 49.3. The number of hydrogen-bond donors (Lipinski definition) is 1. The zero-order chi connectivity index (χ0) is 27.1. The number of hydrogen-bond acceptors (Lipinski definition) is 8. The Hall–Kier alpha value is -3.76. The van der Waals surface area contributed by atoms with E-state index in [4.69, 9.17) is 13.6 Å². The number of nitrogens with one attached hydrogen (secondary N) is 1. The van der Waals surface area contributed by atoms with Gasteiger partial charge in [0.25, 0.3) is 0 Å². The lowest BCUT2D eigenvalue weighted by molar-refractivity contribution is 0.0587. The largest absolute Gasteiger partial charge is 0.480 e. The summed E-state index contributed by atoms with van der Waals surface area (Å²) in [5.74, 6) is -0.677. The average molecular weight is 474 g/mol. The van der Waals surface area contributed by atoms with Gasteiger partial charge >= 0.3 is 6.09 Å². The molecule has 0 radical (unpaired) electrons. The van der Waals surface area contributed by atoms with Crippen molar-refractivity contribution in [3.8, 4) is 5.88 Å². The third kappa shape index (κ3) is 4.92. The molecule has 3 aromatic heterocycles. The number of rotatable bonds is 7. The summed E-state index contributed by atoms with van der Waals surface area (Å²) in [6.45, 7) is 1.83. The van der Waals surface area contributed by atoms with Crippen LogP contribution in [-0.4, -0.2) is 57.3 Å². The van der Waals surface area contributed by atoms with Gasteiger partial charge in [0.1, 0.15) is 29.1 Å².